The van der Waals surface area contributed by atoms with E-state index in [0.29, 0.717) is 6.54 Å². The summed E-state index contributed by atoms with van der Waals surface area (Å²) >= 11 is 3.50. The van der Waals surface area contributed by atoms with Gasteiger partial charge < -0.3 is 9.64 Å². The number of nitrogens with zero attached hydrogens (tertiary/aromatic N) is 2. The lowest BCUT2D eigenvalue weighted by atomic mass is 10.1. The number of halogens is 1. The Morgan fingerprint density at radius 3 is 2.84 bits per heavy atom. The van der Waals surface area contributed by atoms with Crippen molar-refractivity contribution in [3.8, 4) is 5.75 Å². The number of carbonyl (C=O) groups excluding carboxylic acids is 1. The number of fused-ring (bicyclic) bond motifs is 1. The molecule has 0 fully saturated rings. The maximum atomic E-state index is 13.0. The summed E-state index contributed by atoms with van der Waals surface area (Å²) in [5.74, 6) is 0.975. The maximum Gasteiger partial charge on any atom is 0.244 e. The number of anilines is 1. The largest absolute Gasteiger partial charge is 0.496 e. The van der Waals surface area contributed by atoms with Crippen LogP contribution in [-0.2, 0) is 17.8 Å². The van der Waals surface area contributed by atoms with E-state index < -0.39 is 0 Å². The molecule has 3 rings (SSSR count). The van der Waals surface area contributed by atoms with E-state index in [4.69, 9.17) is 4.74 Å². The highest BCUT2D eigenvalue weighted by Crippen LogP contribution is 2.29. The molecule has 0 radical (unpaired) electrons. The van der Waals surface area contributed by atoms with Gasteiger partial charge >= 0.3 is 0 Å². The number of carbonyl (C=O) groups is 1. The Balaban J connectivity index is 1.74. The quantitative estimate of drug-likeness (QED) is 0.760. The van der Waals surface area contributed by atoms with Gasteiger partial charge in [0.05, 0.1) is 13.2 Å². The van der Waals surface area contributed by atoms with Crippen LogP contribution in [0.4, 0.5) is 5.69 Å². The van der Waals surface area contributed by atoms with Gasteiger partial charge in [-0.05, 0) is 50.2 Å². The van der Waals surface area contributed by atoms with E-state index in [1.54, 1.807) is 7.11 Å². The molecule has 0 saturated carbocycles. The minimum absolute atomic E-state index is 0.140. The zero-order valence-electron chi connectivity index (χ0n) is 14.8. The number of benzene rings is 2. The summed E-state index contributed by atoms with van der Waals surface area (Å²) in [4.78, 5) is 17.0. The van der Waals surface area contributed by atoms with Crippen molar-refractivity contribution in [2.24, 2.45) is 0 Å². The standard InChI is InChI=1S/C20H23BrN2O2/c1-14(20(24)23-11-10-15-6-4-5-7-18(15)23)22(2)13-16-12-17(21)8-9-19(16)25-3/h4-9,12,14H,10-11,13H2,1-3H3. The number of para-hydroxylation sites is 1. The molecule has 25 heavy (non-hydrogen) atoms. The van der Waals surface area contributed by atoms with Gasteiger partial charge in [0.15, 0.2) is 0 Å². The predicted molar refractivity (Wildman–Crippen MR) is 104 cm³/mol. The molecule has 0 bridgehead atoms. The first kappa shape index (κ1) is 18.0. The fourth-order valence-electron chi connectivity index (χ4n) is 3.26. The summed E-state index contributed by atoms with van der Waals surface area (Å²) in [6.45, 7) is 3.37. The molecular weight excluding hydrogens is 380 g/mol. The van der Waals surface area contributed by atoms with Crippen molar-refractivity contribution >= 4 is 27.5 Å². The third kappa shape index (κ3) is 3.72. The second-order valence-corrected chi connectivity index (χ2v) is 7.33. The van der Waals surface area contributed by atoms with Gasteiger partial charge in [0.2, 0.25) is 5.91 Å². The zero-order valence-corrected chi connectivity index (χ0v) is 16.4. The van der Waals surface area contributed by atoms with Crippen LogP contribution >= 0.6 is 15.9 Å². The van der Waals surface area contributed by atoms with Crippen LogP contribution in [0.5, 0.6) is 5.75 Å². The van der Waals surface area contributed by atoms with Crippen LogP contribution < -0.4 is 9.64 Å². The molecule has 1 aliphatic rings. The number of amides is 1. The maximum absolute atomic E-state index is 13.0. The van der Waals surface area contributed by atoms with Crippen molar-refractivity contribution < 1.29 is 9.53 Å². The molecule has 1 aliphatic heterocycles. The fraction of sp³-hybridized carbons (Fsp3) is 0.350. The molecule has 0 aromatic heterocycles. The molecule has 0 spiro atoms. The molecule has 132 valence electrons. The van der Waals surface area contributed by atoms with Gasteiger partial charge in [-0.2, -0.15) is 0 Å². The summed E-state index contributed by atoms with van der Waals surface area (Å²) in [7, 11) is 3.65. The lowest BCUT2D eigenvalue weighted by Crippen LogP contribution is -2.45. The molecule has 1 atom stereocenters. The van der Waals surface area contributed by atoms with Gasteiger partial charge in [-0.3, -0.25) is 9.69 Å². The zero-order chi connectivity index (χ0) is 18.0. The van der Waals surface area contributed by atoms with Crippen LogP contribution in [0.2, 0.25) is 0 Å². The Morgan fingerprint density at radius 2 is 2.08 bits per heavy atom. The number of hydrogen-bond donors (Lipinski definition) is 0. The second kappa shape index (κ2) is 7.58. The van der Waals surface area contributed by atoms with Gasteiger partial charge in [-0.25, -0.2) is 0 Å². The first-order valence-corrected chi connectivity index (χ1v) is 9.22. The van der Waals surface area contributed by atoms with E-state index in [9.17, 15) is 4.79 Å². The summed E-state index contributed by atoms with van der Waals surface area (Å²) < 4.78 is 6.45. The molecule has 2 aromatic carbocycles. The van der Waals surface area contributed by atoms with E-state index in [-0.39, 0.29) is 11.9 Å². The number of hydrogen-bond acceptors (Lipinski definition) is 3. The van der Waals surface area contributed by atoms with E-state index in [0.717, 1.165) is 34.4 Å². The number of methoxy groups -OCH3 is 1. The fourth-order valence-corrected chi connectivity index (χ4v) is 3.67. The van der Waals surface area contributed by atoms with Crippen molar-refractivity contribution in [1.82, 2.24) is 4.90 Å². The lowest BCUT2D eigenvalue weighted by molar-refractivity contribution is -0.122. The van der Waals surface area contributed by atoms with Gasteiger partial charge in [-0.15, -0.1) is 0 Å². The molecule has 5 heteroatoms. The number of rotatable bonds is 5. The van der Waals surface area contributed by atoms with Gasteiger partial charge in [-0.1, -0.05) is 34.1 Å². The SMILES string of the molecule is COc1ccc(Br)cc1CN(C)C(C)C(=O)N1CCc2ccccc21. The normalized spacial score (nSPS) is 14.5. The van der Waals surface area contributed by atoms with Gasteiger partial charge in [0.1, 0.15) is 5.75 Å². The molecule has 1 amide bonds. The van der Waals surface area contributed by atoms with Crippen molar-refractivity contribution in [1.29, 1.82) is 0 Å². The molecular formula is C20H23BrN2O2. The van der Waals surface area contributed by atoms with Crippen LogP contribution in [0.25, 0.3) is 0 Å². The van der Waals surface area contributed by atoms with Crippen LogP contribution in [-0.4, -0.2) is 37.6 Å². The highest BCUT2D eigenvalue weighted by molar-refractivity contribution is 9.10. The molecule has 4 nitrogen and oxygen atoms in total. The second-order valence-electron chi connectivity index (χ2n) is 6.42. The molecule has 1 unspecified atom stereocenters. The lowest BCUT2D eigenvalue weighted by Gasteiger charge is -2.29. The Morgan fingerprint density at radius 1 is 1.32 bits per heavy atom. The number of ether oxygens (including phenoxy) is 1. The average Bonchev–Trinajstić information content (AvgIpc) is 3.04. The topological polar surface area (TPSA) is 32.8 Å². The smallest absolute Gasteiger partial charge is 0.244 e. The Bertz CT molecular complexity index is 778. The van der Waals surface area contributed by atoms with Crippen molar-refractivity contribution in [3.63, 3.8) is 0 Å². The van der Waals surface area contributed by atoms with Crippen LogP contribution in [0, 0.1) is 0 Å². The highest BCUT2D eigenvalue weighted by Gasteiger charge is 2.29. The molecule has 0 N–H and O–H groups in total. The van der Waals surface area contributed by atoms with Crippen LogP contribution in [0.15, 0.2) is 46.9 Å². The van der Waals surface area contributed by atoms with Crippen molar-refractivity contribution in [2.75, 3.05) is 25.6 Å². The van der Waals surface area contributed by atoms with Crippen LogP contribution in [0.3, 0.4) is 0 Å². The van der Waals surface area contributed by atoms with Crippen molar-refractivity contribution in [2.45, 2.75) is 25.9 Å². The first-order valence-electron chi connectivity index (χ1n) is 8.43. The number of likely N-dealkylation sites (N-methyl/N-ethyl adjacent to an activating group) is 1. The monoisotopic (exact) mass is 402 g/mol. The summed E-state index contributed by atoms with van der Waals surface area (Å²) in [6.07, 6.45) is 0.928. The van der Waals surface area contributed by atoms with E-state index >= 15 is 0 Å². The first-order chi connectivity index (χ1) is 12.0. The third-order valence-electron chi connectivity index (χ3n) is 4.83. The predicted octanol–water partition coefficient (Wildman–Crippen LogP) is 3.87. The molecule has 0 saturated heterocycles. The van der Waals surface area contributed by atoms with Gasteiger partial charge in [0.25, 0.3) is 0 Å². The van der Waals surface area contributed by atoms with Crippen LogP contribution in [0.1, 0.15) is 18.1 Å². The minimum Gasteiger partial charge on any atom is -0.496 e. The minimum atomic E-state index is -0.213. The molecule has 2 aromatic rings. The molecule has 1 heterocycles. The van der Waals surface area contributed by atoms with Gasteiger partial charge in [0, 0.05) is 28.8 Å². The Kier molecular flexibility index (Phi) is 5.45. The summed E-state index contributed by atoms with van der Waals surface area (Å²) in [6, 6.07) is 13.9. The Labute approximate surface area is 157 Å². The van der Waals surface area contributed by atoms with E-state index in [1.165, 1.54) is 5.56 Å². The van der Waals surface area contributed by atoms with E-state index in [2.05, 4.69) is 26.9 Å². The average molecular weight is 403 g/mol. The highest BCUT2D eigenvalue weighted by atomic mass is 79.9. The summed E-state index contributed by atoms with van der Waals surface area (Å²) in [5, 5.41) is 0. The third-order valence-corrected chi connectivity index (χ3v) is 5.33. The van der Waals surface area contributed by atoms with Crippen molar-refractivity contribution in [3.05, 3.63) is 58.1 Å². The molecule has 0 aliphatic carbocycles. The summed E-state index contributed by atoms with van der Waals surface area (Å²) in [5.41, 5.74) is 3.35. The Hall–Kier alpha value is -1.85. The van der Waals surface area contributed by atoms with E-state index in [1.807, 2.05) is 55.3 Å².